The van der Waals surface area contributed by atoms with Crippen molar-refractivity contribution in [3.05, 3.63) is 34.3 Å². The van der Waals surface area contributed by atoms with Crippen molar-refractivity contribution in [3.63, 3.8) is 0 Å². The fraction of sp³-hybridized carbons (Fsp3) is 0.417. The van der Waals surface area contributed by atoms with Crippen molar-refractivity contribution in [2.45, 2.75) is 31.3 Å². The van der Waals surface area contributed by atoms with Crippen molar-refractivity contribution in [2.24, 2.45) is 0 Å². The number of carboxylic acids is 1. The lowest BCUT2D eigenvalue weighted by Gasteiger charge is -2.17. The Kier molecular flexibility index (Phi) is 4.28. The Balaban J connectivity index is 2.80. The van der Waals surface area contributed by atoms with E-state index in [0.29, 0.717) is 5.02 Å². The number of hydrogen-bond acceptors (Lipinski definition) is 2. The van der Waals surface area contributed by atoms with Gasteiger partial charge in [-0.15, -0.1) is 0 Å². The Hall–Kier alpha value is -0.670. The van der Waals surface area contributed by atoms with E-state index < -0.39 is 5.97 Å². The summed E-state index contributed by atoms with van der Waals surface area (Å²) in [5.41, 5.74) is 1.21. The number of thioether (sulfide) groups is 1. The van der Waals surface area contributed by atoms with E-state index in [1.165, 1.54) is 6.07 Å². The zero-order valence-electron chi connectivity index (χ0n) is 9.58. The molecule has 1 rings (SSSR count). The summed E-state index contributed by atoms with van der Waals surface area (Å²) in [5, 5.41) is 9.32. The molecule has 0 aliphatic rings. The average Bonchev–Trinajstić information content (AvgIpc) is 2.14. The number of carboxylic acid groups (broad SMARTS) is 1. The molecule has 1 N–H and O–H groups in total. The minimum atomic E-state index is -0.947. The van der Waals surface area contributed by atoms with Crippen LogP contribution in [0, 0.1) is 0 Å². The lowest BCUT2D eigenvalue weighted by atomic mass is 10.1. The van der Waals surface area contributed by atoms with Gasteiger partial charge in [-0.1, -0.05) is 38.4 Å². The summed E-state index contributed by atoms with van der Waals surface area (Å²) in [6.45, 7) is 6.41. The number of aromatic carboxylic acids is 1. The zero-order valence-corrected chi connectivity index (χ0v) is 11.2. The number of rotatable bonds is 3. The molecule has 0 saturated heterocycles. The van der Waals surface area contributed by atoms with Crippen molar-refractivity contribution in [2.75, 3.05) is 0 Å². The van der Waals surface area contributed by atoms with Gasteiger partial charge < -0.3 is 5.11 Å². The van der Waals surface area contributed by atoms with E-state index in [4.69, 9.17) is 16.7 Å². The highest BCUT2D eigenvalue weighted by Crippen LogP contribution is 2.30. The van der Waals surface area contributed by atoms with E-state index in [9.17, 15) is 4.79 Å². The highest BCUT2D eigenvalue weighted by molar-refractivity contribution is 7.99. The van der Waals surface area contributed by atoms with E-state index in [0.717, 1.165) is 11.3 Å². The van der Waals surface area contributed by atoms with Gasteiger partial charge in [0.2, 0.25) is 0 Å². The second-order valence-corrected chi connectivity index (χ2v) is 6.72. The third-order valence-corrected chi connectivity index (χ3v) is 3.63. The van der Waals surface area contributed by atoms with Gasteiger partial charge in [0.05, 0.1) is 5.56 Å². The third-order valence-electron chi connectivity index (χ3n) is 1.96. The van der Waals surface area contributed by atoms with Gasteiger partial charge in [-0.2, -0.15) is 11.8 Å². The molecule has 0 aliphatic carbocycles. The number of carbonyl (C=O) groups is 1. The van der Waals surface area contributed by atoms with E-state index >= 15 is 0 Å². The Morgan fingerprint density at radius 1 is 1.44 bits per heavy atom. The first-order valence-electron chi connectivity index (χ1n) is 4.95. The molecule has 0 aromatic heterocycles. The van der Waals surface area contributed by atoms with Crippen LogP contribution in [0.5, 0.6) is 0 Å². The van der Waals surface area contributed by atoms with Crippen LogP contribution in [0.4, 0.5) is 0 Å². The monoisotopic (exact) mass is 258 g/mol. The van der Waals surface area contributed by atoms with Gasteiger partial charge in [0, 0.05) is 15.5 Å². The van der Waals surface area contributed by atoms with Crippen molar-refractivity contribution in [1.29, 1.82) is 0 Å². The Morgan fingerprint density at radius 2 is 2.06 bits per heavy atom. The Morgan fingerprint density at radius 3 is 2.50 bits per heavy atom. The van der Waals surface area contributed by atoms with Crippen LogP contribution in [-0.2, 0) is 5.75 Å². The smallest absolute Gasteiger partial charge is 0.335 e. The van der Waals surface area contributed by atoms with Crippen LogP contribution in [0.3, 0.4) is 0 Å². The third kappa shape index (κ3) is 4.06. The molecule has 0 radical (unpaired) electrons. The molecule has 0 spiro atoms. The summed E-state index contributed by atoms with van der Waals surface area (Å²) in [4.78, 5) is 10.7. The van der Waals surface area contributed by atoms with Gasteiger partial charge in [0.25, 0.3) is 0 Å². The second kappa shape index (κ2) is 5.11. The SMILES string of the molecule is CC(C)(C)SCc1ccc(C(=O)O)cc1Cl. The minimum absolute atomic E-state index is 0.175. The molecule has 0 fully saturated rings. The van der Waals surface area contributed by atoms with Crippen LogP contribution < -0.4 is 0 Å². The molecule has 2 nitrogen and oxygen atoms in total. The molecule has 1 aromatic rings. The van der Waals surface area contributed by atoms with Crippen LogP contribution in [-0.4, -0.2) is 15.8 Å². The molecule has 0 amide bonds. The number of hydrogen-bond donors (Lipinski definition) is 1. The van der Waals surface area contributed by atoms with Crippen LogP contribution in [0.15, 0.2) is 18.2 Å². The maximum Gasteiger partial charge on any atom is 0.335 e. The molecule has 0 saturated carbocycles. The van der Waals surface area contributed by atoms with Gasteiger partial charge in [0.15, 0.2) is 0 Å². The van der Waals surface area contributed by atoms with E-state index in [-0.39, 0.29) is 10.3 Å². The predicted octanol–water partition coefficient (Wildman–Crippen LogP) is 4.07. The van der Waals surface area contributed by atoms with Crippen molar-refractivity contribution in [3.8, 4) is 0 Å². The predicted molar refractivity (Wildman–Crippen MR) is 69.5 cm³/mol. The summed E-state index contributed by atoms with van der Waals surface area (Å²) < 4.78 is 0.175. The summed E-state index contributed by atoms with van der Waals surface area (Å²) in [6.07, 6.45) is 0. The first kappa shape index (κ1) is 13.4. The molecule has 1 aromatic carbocycles. The largest absolute Gasteiger partial charge is 0.478 e. The molecule has 88 valence electrons. The van der Waals surface area contributed by atoms with Gasteiger partial charge >= 0.3 is 5.97 Å². The molecular formula is C12H15ClO2S. The van der Waals surface area contributed by atoms with Gasteiger partial charge in [-0.25, -0.2) is 4.79 Å². The van der Waals surface area contributed by atoms with Crippen molar-refractivity contribution >= 4 is 29.3 Å². The number of halogens is 1. The quantitative estimate of drug-likeness (QED) is 0.888. The zero-order chi connectivity index (χ0) is 12.3. The second-order valence-electron chi connectivity index (χ2n) is 4.51. The van der Waals surface area contributed by atoms with Gasteiger partial charge in [-0.3, -0.25) is 0 Å². The lowest BCUT2D eigenvalue weighted by Crippen LogP contribution is -2.07. The molecule has 0 aliphatic heterocycles. The number of benzene rings is 1. The summed E-state index contributed by atoms with van der Waals surface area (Å²) in [5.74, 6) is -0.153. The first-order valence-corrected chi connectivity index (χ1v) is 6.31. The van der Waals surface area contributed by atoms with Gasteiger partial charge in [0.1, 0.15) is 0 Å². The molecule has 0 atom stereocenters. The van der Waals surface area contributed by atoms with Crippen LogP contribution in [0.2, 0.25) is 5.02 Å². The fourth-order valence-electron chi connectivity index (χ4n) is 1.09. The molecule has 4 heteroatoms. The lowest BCUT2D eigenvalue weighted by molar-refractivity contribution is 0.0697. The first-order chi connectivity index (χ1) is 7.29. The highest BCUT2D eigenvalue weighted by Gasteiger charge is 2.13. The van der Waals surface area contributed by atoms with Crippen LogP contribution in [0.1, 0.15) is 36.7 Å². The Bertz CT molecular complexity index is 396. The molecular weight excluding hydrogens is 244 g/mol. The van der Waals surface area contributed by atoms with E-state index in [2.05, 4.69) is 20.8 Å². The maximum absolute atomic E-state index is 10.7. The molecule has 0 bridgehead atoms. The summed E-state index contributed by atoms with van der Waals surface area (Å²) >= 11 is 7.81. The van der Waals surface area contributed by atoms with E-state index in [1.54, 1.807) is 23.9 Å². The van der Waals surface area contributed by atoms with Gasteiger partial charge in [-0.05, 0) is 17.7 Å². The molecule has 0 unspecified atom stereocenters. The Labute approximate surface area is 105 Å². The molecule has 16 heavy (non-hydrogen) atoms. The normalized spacial score (nSPS) is 11.5. The van der Waals surface area contributed by atoms with E-state index in [1.807, 2.05) is 0 Å². The van der Waals surface area contributed by atoms with Crippen LogP contribution in [0.25, 0.3) is 0 Å². The topological polar surface area (TPSA) is 37.3 Å². The average molecular weight is 259 g/mol. The maximum atomic E-state index is 10.7. The fourth-order valence-corrected chi connectivity index (χ4v) is 2.26. The van der Waals surface area contributed by atoms with Crippen LogP contribution >= 0.6 is 23.4 Å². The highest BCUT2D eigenvalue weighted by atomic mass is 35.5. The minimum Gasteiger partial charge on any atom is -0.478 e. The summed E-state index contributed by atoms with van der Waals surface area (Å²) in [6, 6.07) is 4.87. The standard InChI is InChI=1S/C12H15ClO2S/c1-12(2,3)16-7-9-5-4-8(11(14)15)6-10(9)13/h4-6H,7H2,1-3H3,(H,14,15). The van der Waals surface area contributed by atoms with Crippen molar-refractivity contribution in [1.82, 2.24) is 0 Å². The molecule has 0 heterocycles. The van der Waals surface area contributed by atoms with Crippen molar-refractivity contribution < 1.29 is 9.90 Å². The summed E-state index contributed by atoms with van der Waals surface area (Å²) in [7, 11) is 0.